The molecule has 21 heavy (non-hydrogen) atoms. The summed E-state index contributed by atoms with van der Waals surface area (Å²) in [4.78, 5) is 4.67. The van der Waals surface area contributed by atoms with Gasteiger partial charge >= 0.3 is 0 Å². The van der Waals surface area contributed by atoms with Crippen LogP contribution in [0.15, 0.2) is 17.5 Å². The fourth-order valence-corrected chi connectivity index (χ4v) is 2.96. The maximum atomic E-state index is 4.67. The summed E-state index contributed by atoms with van der Waals surface area (Å²) >= 11 is 1.71. The molecule has 0 radical (unpaired) electrons. The Kier molecular flexibility index (Phi) is 3.59. The molecule has 1 atom stereocenters. The highest BCUT2D eigenvalue weighted by atomic mass is 32.1. The summed E-state index contributed by atoms with van der Waals surface area (Å²) in [6, 6.07) is 3.92. The van der Waals surface area contributed by atoms with E-state index in [-0.39, 0.29) is 6.04 Å². The van der Waals surface area contributed by atoms with E-state index < -0.39 is 0 Å². The molecule has 0 saturated carbocycles. The Morgan fingerprint density at radius 2 is 2.00 bits per heavy atom. The lowest BCUT2D eigenvalue weighted by atomic mass is 10.2. The second kappa shape index (κ2) is 5.40. The fraction of sp³-hybridized carbons (Fsp3) is 0.429. The number of nitrogens with one attached hydrogen (secondary N) is 1. The van der Waals surface area contributed by atoms with Gasteiger partial charge in [-0.25, -0.2) is 4.98 Å². The highest BCUT2D eigenvalue weighted by Gasteiger charge is 2.13. The maximum absolute atomic E-state index is 4.67. The third-order valence-corrected chi connectivity index (χ3v) is 4.42. The first-order valence-electron chi connectivity index (χ1n) is 6.95. The zero-order valence-electron chi connectivity index (χ0n) is 12.5. The van der Waals surface area contributed by atoms with Crippen molar-refractivity contribution in [3.63, 3.8) is 0 Å². The van der Waals surface area contributed by atoms with Crippen molar-refractivity contribution in [3.8, 4) is 0 Å². The van der Waals surface area contributed by atoms with Gasteiger partial charge in [0.05, 0.1) is 16.7 Å². The second-order valence-corrected chi connectivity index (χ2v) is 6.26. The van der Waals surface area contributed by atoms with Crippen LogP contribution in [0.4, 0.5) is 5.82 Å². The molecule has 0 spiro atoms. The monoisotopic (exact) mass is 302 g/mol. The summed E-state index contributed by atoms with van der Waals surface area (Å²) in [7, 11) is 0. The molecule has 110 valence electrons. The summed E-state index contributed by atoms with van der Waals surface area (Å²) in [6.07, 6.45) is 0. The molecule has 0 aliphatic carbocycles. The van der Waals surface area contributed by atoms with Crippen LogP contribution in [0.25, 0.3) is 5.65 Å². The number of aryl methyl sites for hydroxylation is 1. The van der Waals surface area contributed by atoms with E-state index in [2.05, 4.69) is 51.7 Å². The summed E-state index contributed by atoms with van der Waals surface area (Å²) in [5, 5.41) is 19.2. The SMILES string of the molecule is Cc1nnc2ccc(NC(C)c3csc(C(C)C)n3)nn12. The quantitative estimate of drug-likeness (QED) is 0.801. The maximum Gasteiger partial charge on any atom is 0.178 e. The lowest BCUT2D eigenvalue weighted by Gasteiger charge is -2.12. The Labute approximate surface area is 127 Å². The van der Waals surface area contributed by atoms with E-state index in [1.54, 1.807) is 15.9 Å². The number of aromatic nitrogens is 5. The summed E-state index contributed by atoms with van der Waals surface area (Å²) in [6.45, 7) is 8.29. The molecule has 0 aromatic carbocycles. The minimum atomic E-state index is 0.107. The third kappa shape index (κ3) is 2.73. The van der Waals surface area contributed by atoms with Crippen LogP contribution in [0.2, 0.25) is 0 Å². The van der Waals surface area contributed by atoms with Crippen LogP contribution in [0.1, 0.15) is 49.3 Å². The molecule has 0 bridgehead atoms. The van der Waals surface area contributed by atoms with Crippen LogP contribution in [0.3, 0.4) is 0 Å². The van der Waals surface area contributed by atoms with Gasteiger partial charge in [0.25, 0.3) is 0 Å². The van der Waals surface area contributed by atoms with Gasteiger partial charge in [-0.3, -0.25) is 0 Å². The first-order chi connectivity index (χ1) is 10.0. The topological polar surface area (TPSA) is 68.0 Å². The van der Waals surface area contributed by atoms with Crippen LogP contribution in [0, 0.1) is 6.92 Å². The first-order valence-corrected chi connectivity index (χ1v) is 7.83. The number of hydrogen-bond acceptors (Lipinski definition) is 6. The molecule has 0 aliphatic heterocycles. The van der Waals surface area contributed by atoms with Gasteiger partial charge in [-0.05, 0) is 26.0 Å². The van der Waals surface area contributed by atoms with Gasteiger partial charge in [-0.2, -0.15) is 4.52 Å². The lowest BCUT2D eigenvalue weighted by Crippen LogP contribution is -2.10. The van der Waals surface area contributed by atoms with Gasteiger partial charge in [0.1, 0.15) is 5.82 Å². The molecule has 3 aromatic rings. The molecule has 3 rings (SSSR count). The molecule has 3 heterocycles. The van der Waals surface area contributed by atoms with Gasteiger partial charge in [0.2, 0.25) is 0 Å². The molecule has 6 nitrogen and oxygen atoms in total. The summed E-state index contributed by atoms with van der Waals surface area (Å²) in [5.74, 6) is 2.03. The van der Waals surface area contributed by atoms with E-state index in [1.807, 2.05) is 19.1 Å². The smallest absolute Gasteiger partial charge is 0.178 e. The first kappa shape index (κ1) is 13.9. The molecular weight excluding hydrogens is 284 g/mol. The Morgan fingerprint density at radius 1 is 1.19 bits per heavy atom. The van der Waals surface area contributed by atoms with Crippen LogP contribution < -0.4 is 5.32 Å². The van der Waals surface area contributed by atoms with Gasteiger partial charge in [-0.1, -0.05) is 13.8 Å². The average Bonchev–Trinajstić information content (AvgIpc) is 3.07. The zero-order chi connectivity index (χ0) is 15.0. The van der Waals surface area contributed by atoms with E-state index in [0.29, 0.717) is 5.92 Å². The van der Waals surface area contributed by atoms with Crippen LogP contribution in [-0.2, 0) is 0 Å². The zero-order valence-corrected chi connectivity index (χ0v) is 13.3. The number of hydrogen-bond donors (Lipinski definition) is 1. The van der Waals surface area contributed by atoms with Crippen LogP contribution >= 0.6 is 11.3 Å². The largest absolute Gasteiger partial charge is 0.361 e. The summed E-state index contributed by atoms with van der Waals surface area (Å²) in [5.41, 5.74) is 1.80. The molecule has 0 fully saturated rings. The van der Waals surface area contributed by atoms with Crippen molar-refractivity contribution < 1.29 is 0 Å². The summed E-state index contributed by atoms with van der Waals surface area (Å²) < 4.78 is 1.73. The van der Waals surface area contributed by atoms with Crippen LogP contribution in [0.5, 0.6) is 0 Å². The normalized spacial score (nSPS) is 13.0. The van der Waals surface area contributed by atoms with Crippen molar-refractivity contribution in [1.82, 2.24) is 24.8 Å². The standard InChI is InChI=1S/C14H18N6S/c1-8(2)14-16-11(7-21-14)9(3)15-12-5-6-13-18-17-10(4)20(13)19-12/h5-9H,1-4H3,(H,15,19). The van der Waals surface area contributed by atoms with Crippen molar-refractivity contribution in [2.45, 2.75) is 39.7 Å². The molecule has 3 aromatic heterocycles. The van der Waals surface area contributed by atoms with Crippen molar-refractivity contribution >= 4 is 22.8 Å². The molecule has 0 aliphatic rings. The van der Waals surface area contributed by atoms with Crippen molar-refractivity contribution in [2.24, 2.45) is 0 Å². The minimum absolute atomic E-state index is 0.107. The van der Waals surface area contributed by atoms with E-state index in [9.17, 15) is 0 Å². The van der Waals surface area contributed by atoms with E-state index >= 15 is 0 Å². The van der Waals surface area contributed by atoms with E-state index in [0.717, 1.165) is 28.0 Å². The number of anilines is 1. The van der Waals surface area contributed by atoms with Crippen molar-refractivity contribution in [3.05, 3.63) is 34.0 Å². The van der Waals surface area contributed by atoms with Crippen LogP contribution in [-0.4, -0.2) is 24.8 Å². The van der Waals surface area contributed by atoms with Gasteiger partial charge in [-0.15, -0.1) is 26.6 Å². The highest BCUT2D eigenvalue weighted by molar-refractivity contribution is 7.09. The molecule has 1 N–H and O–H groups in total. The highest BCUT2D eigenvalue weighted by Crippen LogP contribution is 2.24. The van der Waals surface area contributed by atoms with Crippen molar-refractivity contribution in [1.29, 1.82) is 0 Å². The Hall–Kier alpha value is -2.02. The van der Waals surface area contributed by atoms with Gasteiger partial charge in [0.15, 0.2) is 11.5 Å². The van der Waals surface area contributed by atoms with Crippen molar-refractivity contribution in [2.75, 3.05) is 5.32 Å². The Balaban J connectivity index is 1.81. The van der Waals surface area contributed by atoms with E-state index in [1.165, 1.54) is 0 Å². The molecule has 0 saturated heterocycles. The molecular formula is C14H18N6S. The second-order valence-electron chi connectivity index (χ2n) is 5.37. The lowest BCUT2D eigenvalue weighted by molar-refractivity contribution is 0.787. The molecule has 0 amide bonds. The number of nitrogens with zero attached hydrogens (tertiary/aromatic N) is 5. The number of fused-ring (bicyclic) bond motifs is 1. The Bertz CT molecular complexity index is 760. The Morgan fingerprint density at radius 3 is 2.71 bits per heavy atom. The van der Waals surface area contributed by atoms with E-state index in [4.69, 9.17) is 0 Å². The predicted octanol–water partition coefficient (Wildman–Crippen LogP) is 3.19. The fourth-order valence-electron chi connectivity index (χ4n) is 2.03. The third-order valence-electron chi connectivity index (χ3n) is 3.26. The number of rotatable bonds is 4. The average molecular weight is 302 g/mol. The molecule has 1 unspecified atom stereocenters. The van der Waals surface area contributed by atoms with Gasteiger partial charge in [0, 0.05) is 11.3 Å². The minimum Gasteiger partial charge on any atom is -0.361 e. The molecule has 7 heteroatoms. The van der Waals surface area contributed by atoms with Gasteiger partial charge < -0.3 is 5.32 Å². The number of thiazole rings is 1. The predicted molar refractivity (Wildman–Crippen MR) is 83.8 cm³/mol.